The molecule has 0 bridgehead atoms. The van der Waals surface area contributed by atoms with Crippen LogP contribution in [-0.4, -0.2) is 65.5 Å². The van der Waals surface area contributed by atoms with Crippen LogP contribution < -0.4 is 10.2 Å². The first-order valence-corrected chi connectivity index (χ1v) is 6.89. The van der Waals surface area contributed by atoms with Crippen molar-refractivity contribution in [3.05, 3.63) is 24.3 Å². The third-order valence-corrected chi connectivity index (χ3v) is 3.05. The minimum Gasteiger partial charge on any atom is -0.383 e. The maximum atomic E-state index is 12.2. The highest BCUT2D eigenvalue weighted by atomic mass is 16.5. The first-order valence-electron chi connectivity index (χ1n) is 6.89. The van der Waals surface area contributed by atoms with E-state index in [1.807, 2.05) is 43.3 Å². The van der Waals surface area contributed by atoms with Crippen LogP contribution in [0.3, 0.4) is 0 Å². The summed E-state index contributed by atoms with van der Waals surface area (Å²) in [6.45, 7) is 2.05. The maximum Gasteiger partial charge on any atom is 0.321 e. The molecule has 0 fully saturated rings. The highest BCUT2D eigenvalue weighted by Crippen LogP contribution is 2.16. The summed E-state index contributed by atoms with van der Waals surface area (Å²) in [4.78, 5) is 15.9. The van der Waals surface area contributed by atoms with Crippen LogP contribution in [0.5, 0.6) is 0 Å². The summed E-state index contributed by atoms with van der Waals surface area (Å²) >= 11 is 0. The van der Waals surface area contributed by atoms with Crippen molar-refractivity contribution in [3.63, 3.8) is 0 Å². The number of nitrogens with zero attached hydrogens (tertiary/aromatic N) is 2. The van der Waals surface area contributed by atoms with E-state index in [1.165, 1.54) is 0 Å². The molecule has 0 aliphatic rings. The Bertz CT molecular complexity index is 413. The number of hydrogen-bond donors (Lipinski definition) is 1. The second kappa shape index (κ2) is 9.20. The van der Waals surface area contributed by atoms with Crippen molar-refractivity contribution < 1.29 is 14.3 Å². The van der Waals surface area contributed by atoms with Gasteiger partial charge in [0.05, 0.1) is 13.2 Å². The summed E-state index contributed by atoms with van der Waals surface area (Å²) in [6.07, 6.45) is 0. The molecule has 0 spiro atoms. The Morgan fingerprint density at radius 1 is 1.05 bits per heavy atom. The Labute approximate surface area is 126 Å². The zero-order valence-electron chi connectivity index (χ0n) is 13.3. The van der Waals surface area contributed by atoms with Crippen LogP contribution in [0.25, 0.3) is 0 Å². The van der Waals surface area contributed by atoms with Gasteiger partial charge in [0, 0.05) is 52.8 Å². The summed E-state index contributed by atoms with van der Waals surface area (Å²) in [5, 5.41) is 2.88. The van der Waals surface area contributed by atoms with Crippen molar-refractivity contribution in [2.45, 2.75) is 0 Å². The molecule has 1 aromatic rings. The normalized spacial score (nSPS) is 10.3. The largest absolute Gasteiger partial charge is 0.383 e. The van der Waals surface area contributed by atoms with E-state index >= 15 is 0 Å². The van der Waals surface area contributed by atoms with Crippen LogP contribution in [0.1, 0.15) is 0 Å². The van der Waals surface area contributed by atoms with Gasteiger partial charge in [0.1, 0.15) is 0 Å². The topological polar surface area (TPSA) is 54.0 Å². The van der Waals surface area contributed by atoms with E-state index < -0.39 is 0 Å². The van der Waals surface area contributed by atoms with Crippen molar-refractivity contribution in [3.8, 4) is 0 Å². The zero-order valence-corrected chi connectivity index (χ0v) is 13.3. The lowest BCUT2D eigenvalue weighted by Crippen LogP contribution is -2.39. The molecule has 0 radical (unpaired) electrons. The number of carbonyl (C=O) groups excluding carboxylic acids is 1. The number of hydrogen-bond acceptors (Lipinski definition) is 4. The third kappa shape index (κ3) is 6.01. The average molecular weight is 295 g/mol. The molecular weight excluding hydrogens is 270 g/mol. The summed E-state index contributed by atoms with van der Waals surface area (Å²) in [5.74, 6) is 0. The van der Waals surface area contributed by atoms with Crippen molar-refractivity contribution in [2.75, 3.05) is 64.8 Å². The van der Waals surface area contributed by atoms with E-state index in [4.69, 9.17) is 9.47 Å². The van der Waals surface area contributed by atoms with Crippen LogP contribution in [-0.2, 0) is 9.47 Å². The van der Waals surface area contributed by atoms with Crippen LogP contribution in [0, 0.1) is 0 Å². The van der Waals surface area contributed by atoms with Gasteiger partial charge < -0.3 is 24.6 Å². The Morgan fingerprint density at radius 3 is 2.00 bits per heavy atom. The van der Waals surface area contributed by atoms with Crippen molar-refractivity contribution in [1.82, 2.24) is 4.90 Å². The van der Waals surface area contributed by atoms with Crippen molar-refractivity contribution in [2.24, 2.45) is 0 Å². The number of amides is 2. The molecule has 1 rings (SSSR count). The number of methoxy groups -OCH3 is 2. The van der Waals surface area contributed by atoms with E-state index in [2.05, 4.69) is 5.32 Å². The molecule has 0 atom stereocenters. The summed E-state index contributed by atoms with van der Waals surface area (Å²) < 4.78 is 10.1. The lowest BCUT2D eigenvalue weighted by molar-refractivity contribution is 0.127. The van der Waals surface area contributed by atoms with E-state index in [9.17, 15) is 4.79 Å². The highest BCUT2D eigenvalue weighted by Gasteiger charge is 2.13. The minimum absolute atomic E-state index is 0.151. The average Bonchev–Trinajstić information content (AvgIpc) is 2.47. The molecule has 0 saturated heterocycles. The number of urea groups is 1. The Kier molecular flexibility index (Phi) is 7.56. The first kappa shape index (κ1) is 17.3. The van der Waals surface area contributed by atoms with Gasteiger partial charge in [-0.05, 0) is 24.3 Å². The molecule has 0 saturated carbocycles. The molecule has 0 aromatic heterocycles. The maximum absolute atomic E-state index is 12.2. The highest BCUT2D eigenvalue weighted by molar-refractivity contribution is 5.89. The van der Waals surface area contributed by atoms with E-state index in [-0.39, 0.29) is 6.03 Å². The summed E-state index contributed by atoms with van der Waals surface area (Å²) in [7, 11) is 7.19. The predicted molar refractivity (Wildman–Crippen MR) is 85.1 cm³/mol. The van der Waals surface area contributed by atoms with Gasteiger partial charge in [-0.1, -0.05) is 0 Å². The molecule has 6 heteroatoms. The van der Waals surface area contributed by atoms with Gasteiger partial charge in [0.15, 0.2) is 0 Å². The van der Waals surface area contributed by atoms with Gasteiger partial charge in [0.25, 0.3) is 0 Å². The number of carbonyl (C=O) groups is 1. The SMILES string of the molecule is COCCN(CCOC)C(=O)Nc1ccc(N(C)C)cc1. The van der Waals surface area contributed by atoms with E-state index in [0.29, 0.717) is 26.3 Å². The molecule has 2 amide bonds. The van der Waals surface area contributed by atoms with Crippen LogP contribution in [0.15, 0.2) is 24.3 Å². The van der Waals surface area contributed by atoms with Crippen molar-refractivity contribution in [1.29, 1.82) is 0 Å². The second-order valence-electron chi connectivity index (χ2n) is 4.84. The van der Waals surface area contributed by atoms with Crippen LogP contribution in [0.2, 0.25) is 0 Å². The molecule has 1 aromatic carbocycles. The molecule has 6 nitrogen and oxygen atoms in total. The lowest BCUT2D eigenvalue weighted by Gasteiger charge is -2.22. The van der Waals surface area contributed by atoms with E-state index in [1.54, 1.807) is 19.1 Å². The monoisotopic (exact) mass is 295 g/mol. The molecule has 1 N–H and O–H groups in total. The van der Waals surface area contributed by atoms with Gasteiger partial charge in [-0.15, -0.1) is 0 Å². The Balaban J connectivity index is 2.62. The summed E-state index contributed by atoms with van der Waals surface area (Å²) in [5.41, 5.74) is 1.86. The smallest absolute Gasteiger partial charge is 0.321 e. The standard InChI is InChI=1S/C15H25N3O3/c1-17(2)14-7-5-13(6-8-14)16-15(19)18(9-11-20-3)10-12-21-4/h5-8H,9-12H2,1-4H3,(H,16,19). The number of benzene rings is 1. The van der Waals surface area contributed by atoms with Gasteiger partial charge in [-0.2, -0.15) is 0 Å². The quantitative estimate of drug-likeness (QED) is 0.795. The minimum atomic E-state index is -0.151. The lowest BCUT2D eigenvalue weighted by atomic mass is 10.2. The molecular formula is C15H25N3O3. The fourth-order valence-corrected chi connectivity index (χ4v) is 1.76. The second-order valence-corrected chi connectivity index (χ2v) is 4.84. The zero-order chi connectivity index (χ0) is 15.7. The van der Waals surface area contributed by atoms with Crippen molar-refractivity contribution >= 4 is 17.4 Å². The van der Waals surface area contributed by atoms with Gasteiger partial charge in [-0.3, -0.25) is 0 Å². The Hall–Kier alpha value is -1.79. The molecule has 0 aliphatic heterocycles. The predicted octanol–water partition coefficient (Wildman–Crippen LogP) is 1.88. The van der Waals surface area contributed by atoms with Crippen LogP contribution >= 0.6 is 0 Å². The van der Waals surface area contributed by atoms with E-state index in [0.717, 1.165) is 11.4 Å². The van der Waals surface area contributed by atoms with Crippen LogP contribution in [0.4, 0.5) is 16.2 Å². The molecule has 0 unspecified atom stereocenters. The number of anilines is 2. The molecule has 21 heavy (non-hydrogen) atoms. The number of ether oxygens (including phenoxy) is 2. The molecule has 0 aliphatic carbocycles. The Morgan fingerprint density at radius 2 is 1.57 bits per heavy atom. The first-order chi connectivity index (χ1) is 10.1. The third-order valence-electron chi connectivity index (χ3n) is 3.05. The fourth-order valence-electron chi connectivity index (χ4n) is 1.76. The van der Waals surface area contributed by atoms with Gasteiger partial charge in [-0.25, -0.2) is 4.79 Å². The molecule has 118 valence electrons. The molecule has 0 heterocycles. The number of nitrogens with one attached hydrogen (secondary N) is 1. The fraction of sp³-hybridized carbons (Fsp3) is 0.533. The number of rotatable bonds is 8. The van der Waals surface area contributed by atoms with Gasteiger partial charge >= 0.3 is 6.03 Å². The van der Waals surface area contributed by atoms with Gasteiger partial charge in [0.2, 0.25) is 0 Å². The summed E-state index contributed by atoms with van der Waals surface area (Å²) in [6, 6.07) is 7.55.